The maximum atomic E-state index is 12.5. The molecule has 0 aromatic carbocycles. The Morgan fingerprint density at radius 1 is 0.588 bits per heavy atom. The van der Waals surface area contributed by atoms with Gasteiger partial charge in [-0.1, -0.05) is 134 Å². The van der Waals surface area contributed by atoms with Crippen LogP contribution >= 0.6 is 7.82 Å². The Labute approximate surface area is 312 Å². The molecule has 0 bridgehead atoms. The summed E-state index contributed by atoms with van der Waals surface area (Å²) in [5.41, 5.74) is 5.33. The van der Waals surface area contributed by atoms with Crippen LogP contribution in [0.15, 0.2) is 36.5 Å². The van der Waals surface area contributed by atoms with Crippen molar-refractivity contribution >= 4 is 19.8 Å². The number of phosphoric ester groups is 1. The Bertz CT molecular complexity index is 939. The van der Waals surface area contributed by atoms with Crippen LogP contribution in [0.4, 0.5) is 0 Å². The van der Waals surface area contributed by atoms with Crippen molar-refractivity contribution in [3.63, 3.8) is 0 Å². The molecule has 298 valence electrons. The van der Waals surface area contributed by atoms with Crippen LogP contribution in [-0.2, 0) is 32.7 Å². The summed E-state index contributed by atoms with van der Waals surface area (Å²) in [6, 6.07) is 0. The number of phosphoric acid groups is 1. The minimum atomic E-state index is -4.38. The van der Waals surface area contributed by atoms with E-state index in [1.165, 1.54) is 83.5 Å². The number of hydrogen-bond donors (Lipinski definition) is 2. The molecule has 2 atom stereocenters. The van der Waals surface area contributed by atoms with E-state index in [-0.39, 0.29) is 32.6 Å². The van der Waals surface area contributed by atoms with Gasteiger partial charge in [-0.2, -0.15) is 0 Å². The molecule has 0 aromatic rings. The molecule has 0 fully saturated rings. The topological polar surface area (TPSA) is 134 Å². The normalized spacial score (nSPS) is 13.7. The van der Waals surface area contributed by atoms with E-state index in [0.717, 1.165) is 64.2 Å². The highest BCUT2D eigenvalue weighted by atomic mass is 31.2. The molecule has 0 aliphatic carbocycles. The summed E-state index contributed by atoms with van der Waals surface area (Å²) in [5.74, 6) is -0.876. The van der Waals surface area contributed by atoms with Crippen molar-refractivity contribution in [1.82, 2.24) is 0 Å². The van der Waals surface area contributed by atoms with Gasteiger partial charge >= 0.3 is 19.8 Å². The summed E-state index contributed by atoms with van der Waals surface area (Å²) in [4.78, 5) is 34.8. The first-order valence-electron chi connectivity index (χ1n) is 20.5. The minimum absolute atomic E-state index is 0.0471. The van der Waals surface area contributed by atoms with Gasteiger partial charge in [0.05, 0.1) is 13.2 Å². The fraction of sp³-hybridized carbons (Fsp3) is 0.805. The molecule has 1 unspecified atom stereocenters. The standard InChI is InChI=1S/C41H76NO8P/c1-3-5-7-9-11-13-15-17-19-21-23-25-27-29-31-33-40(43)47-37-39(38-49-51(45,46)48-36-35-42)50-41(44)34-32-30-28-26-24-22-20-18-16-14-12-10-8-6-4-2/h17-20,24,26,39H,3-16,21-23,25,27-38,42H2,1-2H3,(H,45,46)/b19-17+,20-18+,26-24+/t39-/m1/s1. The van der Waals surface area contributed by atoms with Crippen molar-refractivity contribution in [2.24, 2.45) is 5.73 Å². The highest BCUT2D eigenvalue weighted by Crippen LogP contribution is 2.43. The van der Waals surface area contributed by atoms with Gasteiger partial charge in [-0.15, -0.1) is 0 Å². The van der Waals surface area contributed by atoms with Crippen LogP contribution in [0.1, 0.15) is 181 Å². The molecule has 0 aromatic heterocycles. The van der Waals surface area contributed by atoms with Crippen LogP contribution < -0.4 is 5.73 Å². The molecule has 0 saturated heterocycles. The number of esters is 2. The molecule has 3 N–H and O–H groups in total. The van der Waals surface area contributed by atoms with Crippen molar-refractivity contribution in [2.45, 2.75) is 187 Å². The van der Waals surface area contributed by atoms with E-state index in [4.69, 9.17) is 24.3 Å². The molecule has 0 aliphatic rings. The lowest BCUT2D eigenvalue weighted by Crippen LogP contribution is -2.29. The van der Waals surface area contributed by atoms with E-state index in [0.29, 0.717) is 6.42 Å². The lowest BCUT2D eigenvalue weighted by molar-refractivity contribution is -0.161. The van der Waals surface area contributed by atoms with Crippen molar-refractivity contribution < 1.29 is 37.6 Å². The van der Waals surface area contributed by atoms with Crippen LogP contribution in [0.25, 0.3) is 0 Å². The third-order valence-electron chi connectivity index (χ3n) is 8.50. The Morgan fingerprint density at radius 2 is 1.02 bits per heavy atom. The summed E-state index contributed by atoms with van der Waals surface area (Å²) in [5, 5.41) is 0. The maximum Gasteiger partial charge on any atom is 0.472 e. The van der Waals surface area contributed by atoms with Crippen molar-refractivity contribution in [2.75, 3.05) is 26.4 Å². The second kappa shape index (κ2) is 38.0. The van der Waals surface area contributed by atoms with Gasteiger partial charge in [0.2, 0.25) is 0 Å². The maximum absolute atomic E-state index is 12.5. The van der Waals surface area contributed by atoms with E-state index < -0.39 is 32.5 Å². The van der Waals surface area contributed by atoms with E-state index in [2.05, 4.69) is 50.3 Å². The summed E-state index contributed by atoms with van der Waals surface area (Å²) < 4.78 is 32.7. The number of nitrogens with two attached hydrogens (primary N) is 1. The van der Waals surface area contributed by atoms with Gasteiger partial charge in [-0.3, -0.25) is 18.6 Å². The first-order valence-corrected chi connectivity index (χ1v) is 22.0. The molecule has 0 rings (SSSR count). The summed E-state index contributed by atoms with van der Waals surface area (Å²) in [6.45, 7) is 3.67. The van der Waals surface area contributed by atoms with Gasteiger partial charge in [0.25, 0.3) is 0 Å². The first-order chi connectivity index (χ1) is 24.8. The lowest BCUT2D eigenvalue weighted by atomic mass is 10.1. The smallest absolute Gasteiger partial charge is 0.462 e. The van der Waals surface area contributed by atoms with E-state index >= 15 is 0 Å². The second-order valence-electron chi connectivity index (χ2n) is 13.5. The molecule has 51 heavy (non-hydrogen) atoms. The van der Waals surface area contributed by atoms with Crippen LogP contribution in [0.3, 0.4) is 0 Å². The molecule has 0 heterocycles. The van der Waals surface area contributed by atoms with Crippen LogP contribution in [0, 0.1) is 0 Å². The Morgan fingerprint density at radius 3 is 1.55 bits per heavy atom. The zero-order valence-corrected chi connectivity index (χ0v) is 33.5. The van der Waals surface area contributed by atoms with E-state index in [9.17, 15) is 19.0 Å². The zero-order valence-electron chi connectivity index (χ0n) is 32.6. The number of allylic oxidation sites excluding steroid dienone is 6. The SMILES string of the molecule is CCCCCCCC/C=C/C/C=C/CCCCC(=O)O[C@H](COC(=O)CCCCCCC/C=C/CCCCCCCC)COP(=O)(O)OCCN. The minimum Gasteiger partial charge on any atom is -0.462 e. The summed E-state index contributed by atoms with van der Waals surface area (Å²) in [7, 11) is -4.38. The van der Waals surface area contributed by atoms with Gasteiger partial charge in [0, 0.05) is 19.4 Å². The van der Waals surface area contributed by atoms with Gasteiger partial charge in [-0.05, 0) is 70.6 Å². The molecular formula is C41H76NO8P. The van der Waals surface area contributed by atoms with Crippen molar-refractivity contribution in [3.05, 3.63) is 36.5 Å². The third-order valence-corrected chi connectivity index (χ3v) is 9.48. The number of ether oxygens (including phenoxy) is 2. The highest BCUT2D eigenvalue weighted by molar-refractivity contribution is 7.47. The van der Waals surface area contributed by atoms with Crippen molar-refractivity contribution in [3.8, 4) is 0 Å². The Balaban J connectivity index is 4.26. The average Bonchev–Trinajstić information content (AvgIpc) is 3.11. The molecule has 10 heteroatoms. The van der Waals surface area contributed by atoms with E-state index in [1.807, 2.05) is 0 Å². The fourth-order valence-corrected chi connectivity index (χ4v) is 6.19. The van der Waals surface area contributed by atoms with Crippen LogP contribution in [-0.4, -0.2) is 49.3 Å². The van der Waals surface area contributed by atoms with E-state index in [1.54, 1.807) is 0 Å². The summed E-state index contributed by atoms with van der Waals surface area (Å²) >= 11 is 0. The molecule has 0 saturated carbocycles. The number of carbonyl (C=O) groups excluding carboxylic acids is 2. The average molecular weight is 742 g/mol. The van der Waals surface area contributed by atoms with Crippen LogP contribution in [0.2, 0.25) is 0 Å². The predicted octanol–water partition coefficient (Wildman–Crippen LogP) is 11.4. The zero-order chi connectivity index (χ0) is 37.5. The van der Waals surface area contributed by atoms with Crippen molar-refractivity contribution in [1.29, 1.82) is 0 Å². The summed E-state index contributed by atoms with van der Waals surface area (Å²) in [6.07, 6.45) is 40.3. The van der Waals surface area contributed by atoms with Gasteiger partial charge in [0.15, 0.2) is 6.10 Å². The Kier molecular flexibility index (Phi) is 36.7. The number of carbonyl (C=O) groups is 2. The predicted molar refractivity (Wildman–Crippen MR) is 210 cm³/mol. The largest absolute Gasteiger partial charge is 0.472 e. The number of hydrogen-bond acceptors (Lipinski definition) is 8. The first kappa shape index (κ1) is 49.2. The molecule has 0 amide bonds. The van der Waals surface area contributed by atoms with Crippen LogP contribution in [0.5, 0.6) is 0 Å². The molecule has 0 aliphatic heterocycles. The number of unbranched alkanes of at least 4 members (excludes halogenated alkanes) is 19. The monoisotopic (exact) mass is 742 g/mol. The quantitative estimate of drug-likeness (QED) is 0.0274. The molecule has 0 spiro atoms. The highest BCUT2D eigenvalue weighted by Gasteiger charge is 2.25. The third kappa shape index (κ3) is 37.8. The lowest BCUT2D eigenvalue weighted by Gasteiger charge is -2.19. The molecular weight excluding hydrogens is 665 g/mol. The molecule has 0 radical (unpaired) electrons. The number of rotatable bonds is 38. The Hall–Kier alpha value is -1.77. The van der Waals surface area contributed by atoms with Gasteiger partial charge in [-0.25, -0.2) is 4.57 Å². The van der Waals surface area contributed by atoms with Gasteiger partial charge in [0.1, 0.15) is 6.61 Å². The van der Waals surface area contributed by atoms with Gasteiger partial charge < -0.3 is 20.1 Å². The molecule has 9 nitrogen and oxygen atoms in total. The second-order valence-corrected chi connectivity index (χ2v) is 14.9. The fourth-order valence-electron chi connectivity index (χ4n) is 5.42.